The summed E-state index contributed by atoms with van der Waals surface area (Å²) in [5.74, 6) is 0. The van der Waals surface area contributed by atoms with Crippen LogP contribution in [0, 0.1) is 0 Å². The standard InChI is InChI=1S/C17H36O3/c1-7-16(8-2,18-6)13-15-20-17(9-3,10-4)12-14-19-11-5/h7-15H2,1-6H3. The van der Waals surface area contributed by atoms with Crippen LogP contribution in [0.1, 0.15) is 73.1 Å². The van der Waals surface area contributed by atoms with Crippen LogP contribution in [0.5, 0.6) is 0 Å². The zero-order valence-corrected chi connectivity index (χ0v) is 14.6. The third-order valence-electron chi connectivity index (χ3n) is 4.88. The lowest BCUT2D eigenvalue weighted by Gasteiger charge is -2.35. The summed E-state index contributed by atoms with van der Waals surface area (Å²) in [6.07, 6.45) is 6.09. The molecule has 0 saturated heterocycles. The van der Waals surface area contributed by atoms with Gasteiger partial charge in [0.1, 0.15) is 0 Å². The molecule has 3 heteroatoms. The molecule has 122 valence electrons. The van der Waals surface area contributed by atoms with Crippen LogP contribution in [-0.2, 0) is 14.2 Å². The molecule has 0 heterocycles. The van der Waals surface area contributed by atoms with Crippen LogP contribution in [0.2, 0.25) is 0 Å². The number of ether oxygens (including phenoxy) is 3. The highest BCUT2D eigenvalue weighted by Gasteiger charge is 2.30. The molecule has 0 amide bonds. The van der Waals surface area contributed by atoms with E-state index in [0.717, 1.165) is 58.3 Å². The van der Waals surface area contributed by atoms with Crippen molar-refractivity contribution < 1.29 is 14.2 Å². The molecule has 0 radical (unpaired) electrons. The zero-order valence-electron chi connectivity index (χ0n) is 14.6. The molecule has 0 saturated carbocycles. The normalized spacial score (nSPS) is 12.9. The Morgan fingerprint density at radius 1 is 0.700 bits per heavy atom. The Hall–Kier alpha value is -0.120. The van der Waals surface area contributed by atoms with Gasteiger partial charge < -0.3 is 14.2 Å². The lowest BCUT2D eigenvalue weighted by atomic mass is 9.91. The van der Waals surface area contributed by atoms with Crippen molar-refractivity contribution in [2.24, 2.45) is 0 Å². The van der Waals surface area contributed by atoms with E-state index in [2.05, 4.69) is 27.7 Å². The molecule has 0 aromatic heterocycles. The van der Waals surface area contributed by atoms with Crippen LogP contribution in [-0.4, -0.2) is 38.1 Å². The first-order chi connectivity index (χ1) is 9.57. The fourth-order valence-corrected chi connectivity index (χ4v) is 2.73. The van der Waals surface area contributed by atoms with E-state index in [4.69, 9.17) is 14.2 Å². The molecule has 0 unspecified atom stereocenters. The Morgan fingerprint density at radius 3 is 1.60 bits per heavy atom. The molecule has 0 aliphatic carbocycles. The Bertz CT molecular complexity index is 212. The van der Waals surface area contributed by atoms with E-state index < -0.39 is 0 Å². The lowest BCUT2D eigenvalue weighted by molar-refractivity contribution is -0.101. The Labute approximate surface area is 126 Å². The zero-order chi connectivity index (χ0) is 15.5. The number of rotatable bonds is 13. The van der Waals surface area contributed by atoms with Crippen molar-refractivity contribution >= 4 is 0 Å². The molecule has 0 rings (SSSR count). The lowest BCUT2D eigenvalue weighted by Crippen LogP contribution is -2.37. The average molecular weight is 288 g/mol. The molecular formula is C17H36O3. The second-order valence-electron chi connectivity index (χ2n) is 5.53. The van der Waals surface area contributed by atoms with Gasteiger partial charge >= 0.3 is 0 Å². The largest absolute Gasteiger partial charge is 0.382 e. The van der Waals surface area contributed by atoms with Gasteiger partial charge in [0.05, 0.1) is 17.8 Å². The van der Waals surface area contributed by atoms with E-state index in [1.165, 1.54) is 0 Å². The van der Waals surface area contributed by atoms with E-state index in [1.807, 2.05) is 14.0 Å². The van der Waals surface area contributed by atoms with E-state index in [0.29, 0.717) is 0 Å². The molecule has 0 fully saturated rings. The summed E-state index contributed by atoms with van der Waals surface area (Å²) in [7, 11) is 1.81. The summed E-state index contributed by atoms with van der Waals surface area (Å²) in [6.45, 7) is 13.2. The van der Waals surface area contributed by atoms with E-state index in [-0.39, 0.29) is 11.2 Å². The predicted octanol–water partition coefficient (Wildman–Crippen LogP) is 4.58. The second-order valence-corrected chi connectivity index (χ2v) is 5.53. The SMILES string of the molecule is CCOCCC(CC)(CC)OCCC(CC)(CC)OC. The molecule has 0 aliphatic rings. The summed E-state index contributed by atoms with van der Waals surface area (Å²) in [5, 5.41) is 0. The third-order valence-corrected chi connectivity index (χ3v) is 4.88. The number of methoxy groups -OCH3 is 1. The predicted molar refractivity (Wildman–Crippen MR) is 85.3 cm³/mol. The molecule has 0 atom stereocenters. The van der Waals surface area contributed by atoms with Crippen molar-refractivity contribution in [3.05, 3.63) is 0 Å². The van der Waals surface area contributed by atoms with Crippen LogP contribution in [0.15, 0.2) is 0 Å². The fourth-order valence-electron chi connectivity index (χ4n) is 2.73. The molecule has 0 N–H and O–H groups in total. The summed E-state index contributed by atoms with van der Waals surface area (Å²) in [4.78, 5) is 0. The first kappa shape index (κ1) is 19.9. The summed E-state index contributed by atoms with van der Waals surface area (Å²) in [6, 6.07) is 0. The van der Waals surface area contributed by atoms with Crippen molar-refractivity contribution in [3.63, 3.8) is 0 Å². The van der Waals surface area contributed by atoms with Gasteiger partial charge in [0.25, 0.3) is 0 Å². The maximum atomic E-state index is 6.28. The Balaban J connectivity index is 4.39. The highest BCUT2D eigenvalue weighted by molar-refractivity contribution is 4.81. The van der Waals surface area contributed by atoms with Crippen LogP contribution < -0.4 is 0 Å². The second kappa shape index (κ2) is 10.6. The number of hydrogen-bond acceptors (Lipinski definition) is 3. The molecule has 0 aromatic rings. The van der Waals surface area contributed by atoms with E-state index >= 15 is 0 Å². The minimum atomic E-state index is -0.0316. The minimum absolute atomic E-state index is 0.0207. The summed E-state index contributed by atoms with van der Waals surface area (Å²) >= 11 is 0. The first-order valence-electron chi connectivity index (χ1n) is 8.34. The molecule has 0 spiro atoms. The average Bonchev–Trinajstić information content (AvgIpc) is 2.51. The van der Waals surface area contributed by atoms with Crippen molar-refractivity contribution in [1.82, 2.24) is 0 Å². The van der Waals surface area contributed by atoms with Crippen LogP contribution in [0.4, 0.5) is 0 Å². The van der Waals surface area contributed by atoms with Crippen molar-refractivity contribution in [3.8, 4) is 0 Å². The van der Waals surface area contributed by atoms with E-state index in [1.54, 1.807) is 0 Å². The quantitative estimate of drug-likeness (QED) is 0.464. The van der Waals surface area contributed by atoms with Gasteiger partial charge in [0.15, 0.2) is 0 Å². The highest BCUT2D eigenvalue weighted by atomic mass is 16.5. The van der Waals surface area contributed by atoms with Gasteiger partial charge in [-0.25, -0.2) is 0 Å². The molecule has 20 heavy (non-hydrogen) atoms. The summed E-state index contributed by atoms with van der Waals surface area (Å²) < 4.78 is 17.5. The Morgan fingerprint density at radius 2 is 1.20 bits per heavy atom. The number of hydrogen-bond donors (Lipinski definition) is 0. The molecule has 3 nitrogen and oxygen atoms in total. The fraction of sp³-hybridized carbons (Fsp3) is 1.00. The maximum Gasteiger partial charge on any atom is 0.0699 e. The van der Waals surface area contributed by atoms with Crippen LogP contribution in [0.25, 0.3) is 0 Å². The van der Waals surface area contributed by atoms with Crippen LogP contribution >= 0.6 is 0 Å². The third kappa shape index (κ3) is 6.11. The highest BCUT2D eigenvalue weighted by Crippen LogP contribution is 2.28. The monoisotopic (exact) mass is 288 g/mol. The Kier molecular flexibility index (Phi) is 10.5. The topological polar surface area (TPSA) is 27.7 Å². The van der Waals surface area contributed by atoms with Gasteiger partial charge in [0, 0.05) is 20.3 Å². The summed E-state index contributed by atoms with van der Waals surface area (Å²) in [5.41, 5.74) is -0.0523. The van der Waals surface area contributed by atoms with Crippen molar-refractivity contribution in [2.45, 2.75) is 84.3 Å². The maximum absolute atomic E-state index is 6.28. The van der Waals surface area contributed by atoms with Crippen LogP contribution in [0.3, 0.4) is 0 Å². The van der Waals surface area contributed by atoms with Crippen molar-refractivity contribution in [2.75, 3.05) is 26.9 Å². The molecule has 0 aromatic carbocycles. The van der Waals surface area contributed by atoms with E-state index in [9.17, 15) is 0 Å². The van der Waals surface area contributed by atoms with Gasteiger partial charge in [-0.3, -0.25) is 0 Å². The van der Waals surface area contributed by atoms with Gasteiger partial charge in [-0.05, 0) is 45.4 Å². The molecule has 0 aliphatic heterocycles. The van der Waals surface area contributed by atoms with Gasteiger partial charge in [-0.1, -0.05) is 27.7 Å². The molecular weight excluding hydrogens is 252 g/mol. The van der Waals surface area contributed by atoms with Crippen molar-refractivity contribution in [1.29, 1.82) is 0 Å². The van der Waals surface area contributed by atoms with Gasteiger partial charge in [-0.15, -0.1) is 0 Å². The first-order valence-corrected chi connectivity index (χ1v) is 8.34. The molecule has 0 bridgehead atoms. The van der Waals surface area contributed by atoms with Gasteiger partial charge in [-0.2, -0.15) is 0 Å². The van der Waals surface area contributed by atoms with Gasteiger partial charge in [0.2, 0.25) is 0 Å². The minimum Gasteiger partial charge on any atom is -0.382 e. The smallest absolute Gasteiger partial charge is 0.0699 e.